The van der Waals surface area contributed by atoms with Crippen LogP contribution in [0.1, 0.15) is 32.6 Å². The molecular weight excluding hydrogens is 166 g/mol. The monoisotopic (exact) mass is 183 g/mol. The van der Waals surface area contributed by atoms with Crippen LogP contribution in [0.3, 0.4) is 0 Å². The molecule has 2 N–H and O–H groups in total. The van der Waals surface area contributed by atoms with Crippen LogP contribution in [-0.4, -0.2) is 18.1 Å². The van der Waals surface area contributed by atoms with Crippen molar-refractivity contribution in [2.24, 2.45) is 5.73 Å². The smallest absolute Gasteiger partial charge is 0.333 e. The predicted molar refractivity (Wildman–Crippen MR) is 51.1 cm³/mol. The van der Waals surface area contributed by atoms with Crippen LogP contribution in [0.4, 0.5) is 0 Å². The summed E-state index contributed by atoms with van der Waals surface area (Å²) in [5, 5.41) is 0. The minimum atomic E-state index is -0.317. The van der Waals surface area contributed by atoms with Crippen molar-refractivity contribution in [2.45, 2.75) is 44.8 Å². The van der Waals surface area contributed by atoms with Crippen LogP contribution in [0.15, 0.2) is 12.2 Å². The Morgan fingerprint density at radius 2 is 2.08 bits per heavy atom. The van der Waals surface area contributed by atoms with Crippen molar-refractivity contribution in [3.8, 4) is 0 Å². The molecule has 0 amide bonds. The van der Waals surface area contributed by atoms with Gasteiger partial charge in [0.25, 0.3) is 0 Å². The van der Waals surface area contributed by atoms with Gasteiger partial charge in [-0.25, -0.2) is 4.79 Å². The second-order valence-corrected chi connectivity index (χ2v) is 3.67. The van der Waals surface area contributed by atoms with Crippen LogP contribution < -0.4 is 5.73 Å². The van der Waals surface area contributed by atoms with Gasteiger partial charge in [-0.15, -0.1) is 0 Å². The van der Waals surface area contributed by atoms with Gasteiger partial charge in [0.2, 0.25) is 0 Å². The van der Waals surface area contributed by atoms with E-state index in [1.165, 1.54) is 0 Å². The fraction of sp³-hybridized carbons (Fsp3) is 0.700. The van der Waals surface area contributed by atoms with E-state index in [4.69, 9.17) is 10.5 Å². The topological polar surface area (TPSA) is 52.3 Å². The van der Waals surface area contributed by atoms with Crippen molar-refractivity contribution in [2.75, 3.05) is 0 Å². The van der Waals surface area contributed by atoms with E-state index in [-0.39, 0.29) is 18.1 Å². The van der Waals surface area contributed by atoms with Crippen molar-refractivity contribution < 1.29 is 9.53 Å². The lowest BCUT2D eigenvalue weighted by atomic mass is 9.93. The summed E-state index contributed by atoms with van der Waals surface area (Å²) in [6.45, 7) is 5.18. The molecule has 3 nitrogen and oxygen atoms in total. The normalized spacial score (nSPS) is 28.2. The summed E-state index contributed by atoms with van der Waals surface area (Å²) in [6.07, 6.45) is 3.98. The Hall–Kier alpha value is -0.830. The van der Waals surface area contributed by atoms with Gasteiger partial charge in [-0.3, -0.25) is 0 Å². The van der Waals surface area contributed by atoms with Crippen LogP contribution >= 0.6 is 0 Å². The maximum absolute atomic E-state index is 11.2. The van der Waals surface area contributed by atoms with Crippen LogP contribution in [0.2, 0.25) is 0 Å². The number of ether oxygens (including phenoxy) is 1. The van der Waals surface area contributed by atoms with Crippen molar-refractivity contribution in [3.63, 3.8) is 0 Å². The summed E-state index contributed by atoms with van der Waals surface area (Å²) in [7, 11) is 0. The van der Waals surface area contributed by atoms with Gasteiger partial charge in [0, 0.05) is 11.6 Å². The molecule has 0 saturated heterocycles. The fourth-order valence-corrected chi connectivity index (χ4v) is 1.51. The standard InChI is InChI=1S/C10H17NO2/c1-7(2)10(12)13-9-6-4-3-5-8(9)11/h8-9H,1,3-6,11H2,2H3. The molecule has 2 unspecified atom stereocenters. The first kappa shape index (κ1) is 10.3. The average Bonchev–Trinajstić information content (AvgIpc) is 2.08. The number of carbonyl (C=O) groups excluding carboxylic acids is 1. The molecular formula is C10H17NO2. The number of hydrogen-bond acceptors (Lipinski definition) is 3. The van der Waals surface area contributed by atoms with E-state index in [0.29, 0.717) is 5.57 Å². The molecule has 2 atom stereocenters. The molecule has 0 radical (unpaired) electrons. The molecule has 1 rings (SSSR count). The predicted octanol–water partition coefficient (Wildman–Crippen LogP) is 1.38. The third-order valence-corrected chi connectivity index (χ3v) is 2.36. The number of nitrogens with two attached hydrogens (primary N) is 1. The quantitative estimate of drug-likeness (QED) is 0.519. The van der Waals surface area contributed by atoms with Gasteiger partial charge in [0.15, 0.2) is 0 Å². The van der Waals surface area contributed by atoms with Gasteiger partial charge < -0.3 is 10.5 Å². The maximum atomic E-state index is 11.2. The number of hydrogen-bond donors (Lipinski definition) is 1. The van der Waals surface area contributed by atoms with E-state index >= 15 is 0 Å². The molecule has 0 bridgehead atoms. The first-order valence-corrected chi connectivity index (χ1v) is 4.73. The van der Waals surface area contributed by atoms with E-state index in [1.807, 2.05) is 0 Å². The Bertz CT molecular complexity index is 213. The molecule has 0 aliphatic heterocycles. The minimum Gasteiger partial charge on any atom is -0.457 e. The van der Waals surface area contributed by atoms with Gasteiger partial charge >= 0.3 is 5.97 Å². The molecule has 0 aromatic rings. The molecule has 1 fully saturated rings. The van der Waals surface area contributed by atoms with Crippen LogP contribution in [-0.2, 0) is 9.53 Å². The number of carbonyl (C=O) groups is 1. The molecule has 0 heterocycles. The maximum Gasteiger partial charge on any atom is 0.333 e. The third kappa shape index (κ3) is 2.84. The van der Waals surface area contributed by atoms with Crippen molar-refractivity contribution in [3.05, 3.63) is 12.2 Å². The highest BCUT2D eigenvalue weighted by Crippen LogP contribution is 2.20. The fourth-order valence-electron chi connectivity index (χ4n) is 1.51. The second-order valence-electron chi connectivity index (χ2n) is 3.67. The van der Waals surface area contributed by atoms with Gasteiger partial charge in [0.05, 0.1) is 0 Å². The summed E-state index contributed by atoms with van der Waals surface area (Å²) in [5.74, 6) is -0.317. The summed E-state index contributed by atoms with van der Waals surface area (Å²) in [6, 6.07) is 0.0112. The van der Waals surface area contributed by atoms with Crippen molar-refractivity contribution in [1.29, 1.82) is 0 Å². The molecule has 0 aromatic carbocycles. The summed E-state index contributed by atoms with van der Waals surface area (Å²) < 4.78 is 5.20. The minimum absolute atomic E-state index is 0.0112. The van der Waals surface area contributed by atoms with Crippen molar-refractivity contribution >= 4 is 5.97 Å². The van der Waals surface area contributed by atoms with Gasteiger partial charge in [0.1, 0.15) is 6.10 Å². The van der Waals surface area contributed by atoms with Crippen LogP contribution in [0.25, 0.3) is 0 Å². The molecule has 1 aliphatic carbocycles. The van der Waals surface area contributed by atoms with Crippen LogP contribution in [0, 0.1) is 0 Å². The lowest BCUT2D eigenvalue weighted by molar-refractivity contribution is -0.146. The Morgan fingerprint density at radius 1 is 1.46 bits per heavy atom. The van der Waals surface area contributed by atoms with E-state index in [1.54, 1.807) is 6.92 Å². The highest BCUT2D eigenvalue weighted by atomic mass is 16.5. The molecule has 3 heteroatoms. The third-order valence-electron chi connectivity index (χ3n) is 2.36. The van der Waals surface area contributed by atoms with E-state index in [2.05, 4.69) is 6.58 Å². The molecule has 1 aliphatic rings. The average molecular weight is 183 g/mol. The lowest BCUT2D eigenvalue weighted by Crippen LogP contribution is -2.40. The number of esters is 1. The van der Waals surface area contributed by atoms with Gasteiger partial charge in [-0.05, 0) is 26.2 Å². The Morgan fingerprint density at radius 3 is 2.62 bits per heavy atom. The van der Waals surface area contributed by atoms with E-state index in [9.17, 15) is 4.79 Å². The van der Waals surface area contributed by atoms with E-state index < -0.39 is 0 Å². The summed E-state index contributed by atoms with van der Waals surface area (Å²) in [4.78, 5) is 11.2. The van der Waals surface area contributed by atoms with Gasteiger partial charge in [-0.1, -0.05) is 13.0 Å². The summed E-state index contributed by atoms with van der Waals surface area (Å²) in [5.41, 5.74) is 6.26. The summed E-state index contributed by atoms with van der Waals surface area (Å²) >= 11 is 0. The highest BCUT2D eigenvalue weighted by Gasteiger charge is 2.25. The number of rotatable bonds is 2. The zero-order valence-corrected chi connectivity index (χ0v) is 8.08. The Balaban J connectivity index is 2.42. The largest absolute Gasteiger partial charge is 0.457 e. The van der Waals surface area contributed by atoms with Gasteiger partial charge in [-0.2, -0.15) is 0 Å². The van der Waals surface area contributed by atoms with Crippen LogP contribution in [0.5, 0.6) is 0 Å². The molecule has 0 aromatic heterocycles. The first-order valence-electron chi connectivity index (χ1n) is 4.73. The highest BCUT2D eigenvalue weighted by molar-refractivity contribution is 5.87. The lowest BCUT2D eigenvalue weighted by Gasteiger charge is -2.28. The molecule has 1 saturated carbocycles. The molecule has 13 heavy (non-hydrogen) atoms. The first-order chi connectivity index (χ1) is 6.11. The molecule has 0 spiro atoms. The Labute approximate surface area is 78.9 Å². The zero-order chi connectivity index (χ0) is 9.84. The Kier molecular flexibility index (Phi) is 3.48. The zero-order valence-electron chi connectivity index (χ0n) is 8.08. The van der Waals surface area contributed by atoms with Crippen molar-refractivity contribution in [1.82, 2.24) is 0 Å². The van der Waals surface area contributed by atoms with E-state index in [0.717, 1.165) is 25.7 Å². The SMILES string of the molecule is C=C(C)C(=O)OC1CCCCC1N. The second kappa shape index (κ2) is 4.42. The molecule has 74 valence electrons.